The molecule has 1 aromatic heterocycles. The first-order valence-corrected chi connectivity index (χ1v) is 8.97. The quantitative estimate of drug-likeness (QED) is 0.625. The first-order valence-electron chi connectivity index (χ1n) is 8.97. The lowest BCUT2D eigenvalue weighted by Crippen LogP contribution is -2.22. The zero-order valence-electron chi connectivity index (χ0n) is 14.7. The summed E-state index contributed by atoms with van der Waals surface area (Å²) in [5.41, 5.74) is 4.05. The molecule has 3 nitrogen and oxygen atoms in total. The van der Waals surface area contributed by atoms with Gasteiger partial charge >= 0.3 is 0 Å². The Morgan fingerprint density at radius 3 is 2.60 bits per heavy atom. The molecule has 0 aliphatic rings. The van der Waals surface area contributed by atoms with Gasteiger partial charge in [-0.05, 0) is 48.2 Å². The second kappa shape index (κ2) is 8.43. The van der Waals surface area contributed by atoms with E-state index in [1.807, 2.05) is 30.3 Å². The number of pyridine rings is 1. The summed E-state index contributed by atoms with van der Waals surface area (Å²) in [6.45, 7) is 2.76. The van der Waals surface area contributed by atoms with Crippen molar-refractivity contribution in [1.82, 2.24) is 10.3 Å². The Hall–Kier alpha value is -2.68. The molecule has 25 heavy (non-hydrogen) atoms. The number of rotatable bonds is 7. The number of nitrogens with one attached hydrogen (secondary N) is 1. The van der Waals surface area contributed by atoms with E-state index in [-0.39, 0.29) is 5.91 Å². The second-order valence-electron chi connectivity index (χ2n) is 6.37. The van der Waals surface area contributed by atoms with Crippen LogP contribution in [0.2, 0.25) is 0 Å². The Morgan fingerprint density at radius 2 is 1.80 bits per heavy atom. The summed E-state index contributed by atoms with van der Waals surface area (Å²) in [5, 5.41) is 3.97. The van der Waals surface area contributed by atoms with Crippen molar-refractivity contribution in [3.05, 3.63) is 77.5 Å². The maximum atomic E-state index is 12.4. The van der Waals surface area contributed by atoms with E-state index in [1.54, 1.807) is 6.20 Å². The van der Waals surface area contributed by atoms with E-state index in [9.17, 15) is 4.79 Å². The Labute approximate surface area is 149 Å². The maximum absolute atomic E-state index is 12.4. The number of carbonyl (C=O) groups excluding carboxylic acids is 1. The lowest BCUT2D eigenvalue weighted by atomic mass is 10.1. The summed E-state index contributed by atoms with van der Waals surface area (Å²) in [6.07, 6.45) is 6.65. The third-order valence-electron chi connectivity index (χ3n) is 4.41. The molecule has 0 saturated heterocycles. The van der Waals surface area contributed by atoms with E-state index in [1.165, 1.54) is 24.8 Å². The van der Waals surface area contributed by atoms with Crippen LogP contribution in [0.25, 0.3) is 10.9 Å². The molecule has 0 atom stereocenters. The van der Waals surface area contributed by atoms with Gasteiger partial charge in [-0.25, -0.2) is 0 Å². The molecule has 0 fully saturated rings. The predicted octanol–water partition coefficient (Wildman–Crippen LogP) is 4.90. The second-order valence-corrected chi connectivity index (χ2v) is 6.37. The number of hydrogen-bond donors (Lipinski definition) is 1. The number of fused-ring (bicyclic) bond motifs is 1. The van der Waals surface area contributed by atoms with Crippen LogP contribution in [-0.2, 0) is 13.0 Å². The van der Waals surface area contributed by atoms with Crippen LogP contribution in [0.1, 0.15) is 47.7 Å². The molecule has 0 aliphatic heterocycles. The molecule has 1 heterocycles. The standard InChI is InChI=1S/C22H24N2O/c1-2-3-4-6-17-8-10-18(11-9-17)16-24-22(25)20-12-13-21-19(15-20)7-5-14-23-21/h5,7-15H,2-4,6,16H2,1H3,(H,24,25). The highest BCUT2D eigenvalue weighted by molar-refractivity contribution is 5.97. The Kier molecular flexibility index (Phi) is 5.78. The van der Waals surface area contributed by atoms with E-state index in [2.05, 4.69) is 41.5 Å². The van der Waals surface area contributed by atoms with Crippen LogP contribution in [0.4, 0.5) is 0 Å². The molecule has 0 aliphatic carbocycles. The minimum Gasteiger partial charge on any atom is -0.348 e. The van der Waals surface area contributed by atoms with Gasteiger partial charge < -0.3 is 5.32 Å². The van der Waals surface area contributed by atoms with Crippen molar-refractivity contribution in [2.45, 2.75) is 39.2 Å². The fourth-order valence-corrected chi connectivity index (χ4v) is 2.90. The van der Waals surface area contributed by atoms with E-state index in [0.717, 1.165) is 22.9 Å². The summed E-state index contributed by atoms with van der Waals surface area (Å²) in [5.74, 6) is -0.0576. The Morgan fingerprint density at radius 1 is 1.00 bits per heavy atom. The zero-order chi connectivity index (χ0) is 17.5. The van der Waals surface area contributed by atoms with Crippen molar-refractivity contribution < 1.29 is 4.79 Å². The SMILES string of the molecule is CCCCCc1ccc(CNC(=O)c2ccc3ncccc3c2)cc1. The zero-order valence-corrected chi connectivity index (χ0v) is 14.7. The summed E-state index contributed by atoms with van der Waals surface area (Å²) in [7, 11) is 0. The van der Waals surface area contributed by atoms with Gasteiger partial charge in [0.05, 0.1) is 5.52 Å². The molecule has 3 heteroatoms. The molecule has 1 amide bonds. The average molecular weight is 332 g/mol. The van der Waals surface area contributed by atoms with E-state index >= 15 is 0 Å². The number of benzene rings is 2. The van der Waals surface area contributed by atoms with Crippen molar-refractivity contribution in [1.29, 1.82) is 0 Å². The molecule has 3 aromatic rings. The number of hydrogen-bond acceptors (Lipinski definition) is 2. The topological polar surface area (TPSA) is 42.0 Å². The molecule has 128 valence electrons. The predicted molar refractivity (Wildman–Crippen MR) is 103 cm³/mol. The number of amides is 1. The first-order chi connectivity index (χ1) is 12.3. The maximum Gasteiger partial charge on any atom is 0.251 e. The van der Waals surface area contributed by atoms with Crippen molar-refractivity contribution in [3.8, 4) is 0 Å². The van der Waals surface area contributed by atoms with Gasteiger partial charge in [-0.15, -0.1) is 0 Å². The van der Waals surface area contributed by atoms with Gasteiger partial charge in [0.2, 0.25) is 0 Å². The minimum absolute atomic E-state index is 0.0576. The van der Waals surface area contributed by atoms with Gasteiger partial charge in [0.25, 0.3) is 5.91 Å². The highest BCUT2D eigenvalue weighted by Gasteiger charge is 2.06. The molecule has 0 spiro atoms. The summed E-state index contributed by atoms with van der Waals surface area (Å²) >= 11 is 0. The molecule has 0 saturated carbocycles. The number of aromatic nitrogens is 1. The van der Waals surface area contributed by atoms with E-state index < -0.39 is 0 Å². The van der Waals surface area contributed by atoms with Crippen molar-refractivity contribution >= 4 is 16.8 Å². The minimum atomic E-state index is -0.0576. The average Bonchev–Trinajstić information content (AvgIpc) is 2.67. The first kappa shape index (κ1) is 17.2. The van der Waals surface area contributed by atoms with Gasteiger partial charge in [-0.3, -0.25) is 9.78 Å². The number of nitrogens with zero attached hydrogens (tertiary/aromatic N) is 1. The third-order valence-corrected chi connectivity index (χ3v) is 4.41. The number of unbranched alkanes of at least 4 members (excludes halogenated alkanes) is 2. The Bertz CT molecular complexity index is 840. The van der Waals surface area contributed by atoms with Gasteiger partial charge in [0, 0.05) is 23.7 Å². The van der Waals surface area contributed by atoms with E-state index in [4.69, 9.17) is 0 Å². The van der Waals surface area contributed by atoms with Gasteiger partial charge in [0.1, 0.15) is 0 Å². The number of carbonyl (C=O) groups is 1. The van der Waals surface area contributed by atoms with Crippen LogP contribution in [0.15, 0.2) is 60.8 Å². The highest BCUT2D eigenvalue weighted by Crippen LogP contribution is 2.14. The van der Waals surface area contributed by atoms with Crippen molar-refractivity contribution in [3.63, 3.8) is 0 Å². The number of aryl methyl sites for hydroxylation is 1. The van der Waals surface area contributed by atoms with Crippen LogP contribution in [0, 0.1) is 0 Å². The lowest BCUT2D eigenvalue weighted by molar-refractivity contribution is 0.0951. The normalized spacial score (nSPS) is 10.8. The molecule has 0 unspecified atom stereocenters. The molecule has 0 bridgehead atoms. The van der Waals surface area contributed by atoms with E-state index in [0.29, 0.717) is 12.1 Å². The lowest BCUT2D eigenvalue weighted by Gasteiger charge is -2.07. The van der Waals surface area contributed by atoms with Crippen LogP contribution < -0.4 is 5.32 Å². The highest BCUT2D eigenvalue weighted by atomic mass is 16.1. The van der Waals surface area contributed by atoms with Crippen molar-refractivity contribution in [2.24, 2.45) is 0 Å². The van der Waals surface area contributed by atoms with Gasteiger partial charge in [-0.1, -0.05) is 50.1 Å². The van der Waals surface area contributed by atoms with Gasteiger partial charge in [-0.2, -0.15) is 0 Å². The van der Waals surface area contributed by atoms with Gasteiger partial charge in [0.15, 0.2) is 0 Å². The van der Waals surface area contributed by atoms with Crippen LogP contribution in [-0.4, -0.2) is 10.9 Å². The fraction of sp³-hybridized carbons (Fsp3) is 0.273. The summed E-state index contributed by atoms with van der Waals surface area (Å²) in [6, 6.07) is 18.0. The van der Waals surface area contributed by atoms with Crippen LogP contribution in [0.5, 0.6) is 0 Å². The smallest absolute Gasteiger partial charge is 0.251 e. The summed E-state index contributed by atoms with van der Waals surface area (Å²) in [4.78, 5) is 16.6. The molecular weight excluding hydrogens is 308 g/mol. The third kappa shape index (κ3) is 4.66. The molecule has 0 radical (unpaired) electrons. The molecule has 1 N–H and O–H groups in total. The van der Waals surface area contributed by atoms with Crippen molar-refractivity contribution in [2.75, 3.05) is 0 Å². The fourth-order valence-electron chi connectivity index (χ4n) is 2.90. The summed E-state index contributed by atoms with van der Waals surface area (Å²) < 4.78 is 0. The molecular formula is C22H24N2O. The Balaban J connectivity index is 1.57. The largest absolute Gasteiger partial charge is 0.348 e. The molecule has 3 rings (SSSR count). The van der Waals surface area contributed by atoms with Crippen LogP contribution >= 0.6 is 0 Å². The monoisotopic (exact) mass is 332 g/mol. The molecule has 2 aromatic carbocycles. The van der Waals surface area contributed by atoms with Crippen LogP contribution in [0.3, 0.4) is 0 Å².